The van der Waals surface area contributed by atoms with E-state index in [1.54, 1.807) is 0 Å². The van der Waals surface area contributed by atoms with E-state index in [0.29, 0.717) is 33.9 Å². The summed E-state index contributed by atoms with van der Waals surface area (Å²) in [5, 5.41) is 0. The molecular formula is C30H62O. The van der Waals surface area contributed by atoms with Crippen molar-refractivity contribution >= 4 is 0 Å². The molecule has 0 heterocycles. The van der Waals surface area contributed by atoms with Crippen molar-refractivity contribution in [1.29, 1.82) is 0 Å². The van der Waals surface area contributed by atoms with E-state index in [4.69, 9.17) is 4.74 Å². The minimum Gasteiger partial charge on any atom is -0.375 e. The molecule has 1 nitrogen and oxygen atoms in total. The van der Waals surface area contributed by atoms with Crippen molar-refractivity contribution in [3.8, 4) is 0 Å². The Kier molecular flexibility index (Phi) is 12.4. The number of ether oxygens (including phenoxy) is 1. The zero-order chi connectivity index (χ0) is 24.7. The first-order valence-corrected chi connectivity index (χ1v) is 13.3. The van der Waals surface area contributed by atoms with Gasteiger partial charge in [-0.05, 0) is 84.9 Å². The van der Waals surface area contributed by atoms with E-state index in [1.165, 1.54) is 38.5 Å². The molecule has 0 N–H and O–H groups in total. The van der Waals surface area contributed by atoms with Crippen molar-refractivity contribution < 1.29 is 4.74 Å². The second-order valence-electron chi connectivity index (χ2n) is 15.8. The number of rotatable bonds is 12. The predicted molar refractivity (Wildman–Crippen MR) is 142 cm³/mol. The zero-order valence-electron chi connectivity index (χ0n) is 24.4. The third-order valence-electron chi connectivity index (χ3n) is 5.95. The maximum Gasteiger partial charge on any atom is 0.0584 e. The maximum atomic E-state index is 6.96. The molecule has 0 saturated heterocycles. The predicted octanol–water partition coefficient (Wildman–Crippen LogP) is 10.3. The topological polar surface area (TPSA) is 9.23 Å². The first-order valence-electron chi connectivity index (χ1n) is 13.3. The highest BCUT2D eigenvalue weighted by atomic mass is 16.5. The smallest absolute Gasteiger partial charge is 0.0584 e. The summed E-state index contributed by atoms with van der Waals surface area (Å²) >= 11 is 0. The van der Waals surface area contributed by atoms with E-state index in [0.717, 1.165) is 24.7 Å². The van der Waals surface area contributed by atoms with Gasteiger partial charge in [0.1, 0.15) is 0 Å². The normalized spacial score (nSPS) is 18.0. The van der Waals surface area contributed by atoms with E-state index in [9.17, 15) is 0 Å². The van der Waals surface area contributed by atoms with Gasteiger partial charge in [0, 0.05) is 0 Å². The molecule has 0 aromatic rings. The minimum atomic E-state index is 0.309. The summed E-state index contributed by atoms with van der Waals surface area (Å²) in [7, 11) is 0. The van der Waals surface area contributed by atoms with Crippen LogP contribution in [0.15, 0.2) is 0 Å². The fourth-order valence-corrected chi connectivity index (χ4v) is 5.31. The van der Waals surface area contributed by atoms with E-state index < -0.39 is 0 Å². The van der Waals surface area contributed by atoms with Crippen molar-refractivity contribution in [2.75, 3.05) is 0 Å². The first-order chi connectivity index (χ1) is 13.7. The van der Waals surface area contributed by atoms with Gasteiger partial charge >= 0.3 is 0 Å². The average Bonchev–Trinajstić information content (AvgIpc) is 2.44. The van der Waals surface area contributed by atoms with Gasteiger partial charge in [-0.2, -0.15) is 0 Å². The van der Waals surface area contributed by atoms with Gasteiger partial charge in [0.05, 0.1) is 12.2 Å². The Morgan fingerprint density at radius 2 is 0.677 bits per heavy atom. The van der Waals surface area contributed by atoms with Crippen LogP contribution in [-0.4, -0.2) is 12.2 Å². The quantitative estimate of drug-likeness (QED) is 0.294. The summed E-state index contributed by atoms with van der Waals surface area (Å²) in [6, 6.07) is 0. The Balaban J connectivity index is 5.15. The van der Waals surface area contributed by atoms with Crippen LogP contribution >= 0.6 is 0 Å². The third-order valence-corrected chi connectivity index (χ3v) is 5.95. The van der Waals surface area contributed by atoms with Crippen LogP contribution in [0, 0.1) is 33.5 Å². The van der Waals surface area contributed by atoms with Gasteiger partial charge in [0.15, 0.2) is 0 Å². The monoisotopic (exact) mass is 438 g/mol. The Morgan fingerprint density at radius 3 is 0.903 bits per heavy atom. The molecule has 4 atom stereocenters. The fourth-order valence-electron chi connectivity index (χ4n) is 5.31. The molecule has 0 radical (unpaired) electrons. The summed E-state index contributed by atoms with van der Waals surface area (Å²) in [6.45, 7) is 33.3. The van der Waals surface area contributed by atoms with E-state index >= 15 is 0 Å². The van der Waals surface area contributed by atoms with Crippen LogP contribution in [0.3, 0.4) is 0 Å². The largest absolute Gasteiger partial charge is 0.375 e. The third kappa shape index (κ3) is 20.3. The first kappa shape index (κ1) is 31.0. The highest BCUT2D eigenvalue weighted by Crippen LogP contribution is 2.34. The molecule has 0 spiro atoms. The summed E-state index contributed by atoms with van der Waals surface area (Å²) in [5.41, 5.74) is 1.45. The Hall–Kier alpha value is -0.0400. The van der Waals surface area contributed by atoms with Gasteiger partial charge in [-0.3, -0.25) is 0 Å². The van der Waals surface area contributed by atoms with Gasteiger partial charge in [-0.25, -0.2) is 0 Å². The van der Waals surface area contributed by atoms with Gasteiger partial charge in [-0.1, -0.05) is 96.9 Å². The highest BCUT2D eigenvalue weighted by molar-refractivity contribution is 4.78. The lowest BCUT2D eigenvalue weighted by atomic mass is 9.81. The molecule has 188 valence electrons. The van der Waals surface area contributed by atoms with Gasteiger partial charge in [0.25, 0.3) is 0 Å². The van der Waals surface area contributed by atoms with Crippen molar-refractivity contribution in [2.45, 2.75) is 161 Å². The summed E-state index contributed by atoms with van der Waals surface area (Å²) in [5.74, 6) is 1.53. The average molecular weight is 439 g/mol. The molecule has 0 bridgehead atoms. The maximum absolute atomic E-state index is 6.96. The van der Waals surface area contributed by atoms with Crippen LogP contribution in [0.1, 0.15) is 148 Å². The molecule has 4 unspecified atom stereocenters. The molecule has 0 aromatic heterocycles. The molecule has 0 aliphatic carbocycles. The number of hydrogen-bond donors (Lipinski definition) is 0. The van der Waals surface area contributed by atoms with Gasteiger partial charge < -0.3 is 4.74 Å². The van der Waals surface area contributed by atoms with E-state index in [2.05, 4.69) is 96.9 Å². The van der Waals surface area contributed by atoms with Crippen LogP contribution in [0.4, 0.5) is 0 Å². The standard InChI is InChI=1S/C30H62O/c1-23(19-27(3,4)5)15-17-25(21-29(9,10)11)31-26(22-30(12,13)14)18-16-24(2)20-28(6,7)8/h23-26H,15-22H2,1-14H3. The van der Waals surface area contributed by atoms with Crippen molar-refractivity contribution in [2.24, 2.45) is 33.5 Å². The van der Waals surface area contributed by atoms with Crippen LogP contribution in [0.25, 0.3) is 0 Å². The molecule has 0 aromatic carbocycles. The summed E-state index contributed by atoms with van der Waals surface area (Å²) in [4.78, 5) is 0. The molecular weight excluding hydrogens is 376 g/mol. The lowest BCUT2D eigenvalue weighted by Crippen LogP contribution is -2.30. The van der Waals surface area contributed by atoms with Crippen LogP contribution < -0.4 is 0 Å². The molecule has 31 heavy (non-hydrogen) atoms. The Bertz CT molecular complexity index is 419. The molecule has 0 rings (SSSR count). The van der Waals surface area contributed by atoms with Gasteiger partial charge in [-0.15, -0.1) is 0 Å². The van der Waals surface area contributed by atoms with Crippen LogP contribution in [0.5, 0.6) is 0 Å². The molecule has 0 aliphatic heterocycles. The van der Waals surface area contributed by atoms with Gasteiger partial charge in [0.2, 0.25) is 0 Å². The van der Waals surface area contributed by atoms with Crippen LogP contribution in [-0.2, 0) is 4.74 Å². The van der Waals surface area contributed by atoms with Crippen molar-refractivity contribution in [1.82, 2.24) is 0 Å². The Labute approximate surface area is 198 Å². The summed E-state index contributed by atoms with van der Waals surface area (Å²) < 4.78 is 6.96. The molecule has 0 fully saturated rings. The van der Waals surface area contributed by atoms with Crippen LogP contribution in [0.2, 0.25) is 0 Å². The Morgan fingerprint density at radius 1 is 0.419 bits per heavy atom. The second kappa shape index (κ2) is 12.4. The highest BCUT2D eigenvalue weighted by Gasteiger charge is 2.27. The molecule has 0 saturated carbocycles. The van der Waals surface area contributed by atoms with E-state index in [1.807, 2.05) is 0 Å². The van der Waals surface area contributed by atoms with Crippen molar-refractivity contribution in [3.63, 3.8) is 0 Å². The SMILES string of the molecule is CC(CCC(CC(C)(C)C)OC(CCC(C)CC(C)(C)C)CC(C)(C)C)CC(C)(C)C. The number of hydrogen-bond acceptors (Lipinski definition) is 1. The minimum absolute atomic E-state index is 0.309. The molecule has 0 amide bonds. The summed E-state index contributed by atoms with van der Waals surface area (Å²) in [6.07, 6.45) is 10.6. The van der Waals surface area contributed by atoms with E-state index in [-0.39, 0.29) is 0 Å². The molecule has 0 aliphatic rings. The fraction of sp³-hybridized carbons (Fsp3) is 1.00. The lowest BCUT2D eigenvalue weighted by Gasteiger charge is -2.34. The lowest BCUT2D eigenvalue weighted by molar-refractivity contribution is -0.0584. The second-order valence-corrected chi connectivity index (χ2v) is 15.8. The molecule has 1 heteroatoms. The zero-order valence-corrected chi connectivity index (χ0v) is 24.4. The van der Waals surface area contributed by atoms with Crippen molar-refractivity contribution in [3.05, 3.63) is 0 Å².